The average molecular weight is 251 g/mol. The van der Waals surface area contributed by atoms with E-state index in [2.05, 4.69) is 4.90 Å². The Hall–Kier alpha value is -1.75. The molecule has 0 radical (unpaired) electrons. The zero-order valence-corrected chi connectivity index (χ0v) is 10.3. The van der Waals surface area contributed by atoms with E-state index in [0.29, 0.717) is 12.3 Å². The number of carboxylic acids is 1. The molecular formula is C13H17NO4. The Morgan fingerprint density at radius 2 is 2.22 bits per heavy atom. The zero-order valence-electron chi connectivity index (χ0n) is 10.3. The molecule has 1 aromatic carbocycles. The average Bonchev–Trinajstić information content (AvgIpc) is 2.28. The van der Waals surface area contributed by atoms with Gasteiger partial charge in [0.1, 0.15) is 0 Å². The van der Waals surface area contributed by atoms with Gasteiger partial charge in [-0.1, -0.05) is 12.1 Å². The summed E-state index contributed by atoms with van der Waals surface area (Å²) in [5.74, 6) is 0.121. The Labute approximate surface area is 106 Å². The van der Waals surface area contributed by atoms with Crippen molar-refractivity contribution in [1.29, 1.82) is 0 Å². The molecule has 0 aromatic heterocycles. The maximum Gasteiger partial charge on any atom is 0.303 e. The number of aromatic hydroxyl groups is 1. The molecule has 0 saturated carbocycles. The van der Waals surface area contributed by atoms with Gasteiger partial charge in [-0.2, -0.15) is 0 Å². The van der Waals surface area contributed by atoms with Crippen molar-refractivity contribution in [3.8, 4) is 11.5 Å². The number of rotatable bonds is 5. The minimum atomic E-state index is -0.746. The maximum absolute atomic E-state index is 10.5. The Morgan fingerprint density at radius 1 is 1.50 bits per heavy atom. The lowest BCUT2D eigenvalue weighted by atomic mass is 9.95. The van der Waals surface area contributed by atoms with Gasteiger partial charge in [0, 0.05) is 25.2 Å². The Bertz CT molecular complexity index is 441. The summed E-state index contributed by atoms with van der Waals surface area (Å²) in [6.07, 6.45) is 0.223. The van der Waals surface area contributed by atoms with E-state index < -0.39 is 5.97 Å². The van der Waals surface area contributed by atoms with Crippen molar-refractivity contribution >= 4 is 5.97 Å². The van der Waals surface area contributed by atoms with Gasteiger partial charge in [-0.15, -0.1) is 0 Å². The summed E-state index contributed by atoms with van der Waals surface area (Å²) < 4.78 is 5.05. The van der Waals surface area contributed by atoms with Crippen LogP contribution in [-0.2, 0) is 11.3 Å². The molecule has 0 bridgehead atoms. The van der Waals surface area contributed by atoms with E-state index in [1.165, 1.54) is 7.11 Å². The normalized spacial score (nSPS) is 16.3. The minimum Gasteiger partial charge on any atom is -0.504 e. The molecular weight excluding hydrogens is 234 g/mol. The van der Waals surface area contributed by atoms with Gasteiger partial charge in [-0.05, 0) is 12.0 Å². The maximum atomic E-state index is 10.5. The fourth-order valence-corrected chi connectivity index (χ4v) is 2.28. The molecule has 1 aliphatic heterocycles. The first-order chi connectivity index (χ1) is 8.60. The van der Waals surface area contributed by atoms with Crippen molar-refractivity contribution in [2.75, 3.05) is 20.2 Å². The molecule has 1 heterocycles. The van der Waals surface area contributed by atoms with Crippen LogP contribution < -0.4 is 4.74 Å². The van der Waals surface area contributed by atoms with Crippen LogP contribution in [0.5, 0.6) is 11.5 Å². The molecule has 1 fully saturated rings. The first kappa shape index (κ1) is 12.7. The van der Waals surface area contributed by atoms with Gasteiger partial charge in [0.25, 0.3) is 0 Å². The van der Waals surface area contributed by atoms with Gasteiger partial charge in [0.2, 0.25) is 0 Å². The van der Waals surface area contributed by atoms with Crippen LogP contribution in [0.3, 0.4) is 0 Å². The highest BCUT2D eigenvalue weighted by molar-refractivity contribution is 5.67. The zero-order chi connectivity index (χ0) is 13.1. The monoisotopic (exact) mass is 251 g/mol. The number of phenolic OH excluding ortho intramolecular Hbond substituents is 1. The van der Waals surface area contributed by atoms with Crippen LogP contribution in [0.4, 0.5) is 0 Å². The molecule has 5 nitrogen and oxygen atoms in total. The lowest BCUT2D eigenvalue weighted by Gasteiger charge is -2.38. The molecule has 98 valence electrons. The molecule has 0 aliphatic carbocycles. The van der Waals surface area contributed by atoms with Crippen LogP contribution in [-0.4, -0.2) is 41.3 Å². The summed E-state index contributed by atoms with van der Waals surface area (Å²) in [4.78, 5) is 12.6. The van der Waals surface area contributed by atoms with Gasteiger partial charge in [0.05, 0.1) is 13.5 Å². The fourth-order valence-electron chi connectivity index (χ4n) is 2.28. The van der Waals surface area contributed by atoms with E-state index in [1.54, 1.807) is 6.07 Å². The number of ether oxygens (including phenoxy) is 1. The smallest absolute Gasteiger partial charge is 0.303 e. The van der Waals surface area contributed by atoms with Crippen LogP contribution in [0.1, 0.15) is 12.0 Å². The van der Waals surface area contributed by atoms with Gasteiger partial charge in [-0.25, -0.2) is 0 Å². The number of carbonyl (C=O) groups is 1. The van der Waals surface area contributed by atoms with Crippen LogP contribution in [0.15, 0.2) is 18.2 Å². The van der Waals surface area contributed by atoms with Crippen LogP contribution in [0.25, 0.3) is 0 Å². The highest BCUT2D eigenvalue weighted by Crippen LogP contribution is 2.32. The summed E-state index contributed by atoms with van der Waals surface area (Å²) in [6.45, 7) is 2.16. The fraction of sp³-hybridized carbons (Fsp3) is 0.462. The molecule has 1 saturated heterocycles. The molecule has 18 heavy (non-hydrogen) atoms. The third-order valence-electron chi connectivity index (χ3n) is 3.19. The molecule has 1 aliphatic rings. The number of phenols is 1. The van der Waals surface area contributed by atoms with Crippen LogP contribution in [0, 0.1) is 5.92 Å². The molecule has 0 unspecified atom stereocenters. The van der Waals surface area contributed by atoms with E-state index in [1.807, 2.05) is 12.1 Å². The van der Waals surface area contributed by atoms with Crippen molar-refractivity contribution in [2.45, 2.75) is 13.0 Å². The third-order valence-corrected chi connectivity index (χ3v) is 3.19. The SMILES string of the molecule is COc1cccc(CN2CC(CC(=O)O)C2)c1O. The first-order valence-electron chi connectivity index (χ1n) is 5.89. The van der Waals surface area contributed by atoms with E-state index in [-0.39, 0.29) is 18.1 Å². The van der Waals surface area contributed by atoms with Gasteiger partial charge in [0.15, 0.2) is 11.5 Å². The largest absolute Gasteiger partial charge is 0.504 e. The second-order valence-corrected chi connectivity index (χ2v) is 4.63. The summed E-state index contributed by atoms with van der Waals surface area (Å²) in [7, 11) is 1.52. The quantitative estimate of drug-likeness (QED) is 0.825. The number of carboxylic acid groups (broad SMARTS) is 1. The second kappa shape index (κ2) is 5.27. The Kier molecular flexibility index (Phi) is 3.72. The highest BCUT2D eigenvalue weighted by atomic mass is 16.5. The number of methoxy groups -OCH3 is 1. The third kappa shape index (κ3) is 2.73. The van der Waals surface area contributed by atoms with E-state index in [0.717, 1.165) is 18.7 Å². The summed E-state index contributed by atoms with van der Waals surface area (Å²) in [5.41, 5.74) is 0.808. The highest BCUT2D eigenvalue weighted by Gasteiger charge is 2.29. The van der Waals surface area contributed by atoms with Crippen molar-refractivity contribution in [3.63, 3.8) is 0 Å². The first-order valence-corrected chi connectivity index (χ1v) is 5.89. The lowest BCUT2D eigenvalue weighted by Crippen LogP contribution is -2.46. The minimum absolute atomic E-state index is 0.168. The number of hydrogen-bond acceptors (Lipinski definition) is 4. The molecule has 1 aromatic rings. The van der Waals surface area contributed by atoms with Gasteiger partial charge >= 0.3 is 5.97 Å². The predicted molar refractivity (Wildman–Crippen MR) is 65.7 cm³/mol. The molecule has 0 spiro atoms. The summed E-state index contributed by atoms with van der Waals surface area (Å²) in [6, 6.07) is 5.40. The Balaban J connectivity index is 1.90. The number of aliphatic carboxylic acids is 1. The van der Waals surface area contributed by atoms with E-state index in [9.17, 15) is 9.90 Å². The van der Waals surface area contributed by atoms with E-state index in [4.69, 9.17) is 9.84 Å². The summed E-state index contributed by atoms with van der Waals surface area (Å²) >= 11 is 0. The number of nitrogens with zero attached hydrogens (tertiary/aromatic N) is 1. The van der Waals surface area contributed by atoms with Crippen LogP contribution >= 0.6 is 0 Å². The van der Waals surface area contributed by atoms with Gasteiger partial charge in [-0.3, -0.25) is 9.69 Å². The number of hydrogen-bond donors (Lipinski definition) is 2. The number of likely N-dealkylation sites (tertiary alicyclic amines) is 1. The summed E-state index contributed by atoms with van der Waals surface area (Å²) in [5, 5.41) is 18.6. The van der Waals surface area contributed by atoms with Gasteiger partial charge < -0.3 is 14.9 Å². The Morgan fingerprint density at radius 3 is 2.83 bits per heavy atom. The number of para-hydroxylation sites is 1. The van der Waals surface area contributed by atoms with Crippen molar-refractivity contribution in [1.82, 2.24) is 4.90 Å². The molecule has 2 N–H and O–H groups in total. The molecule has 5 heteroatoms. The lowest BCUT2D eigenvalue weighted by molar-refractivity contribution is -0.139. The topological polar surface area (TPSA) is 70.0 Å². The van der Waals surface area contributed by atoms with Crippen LogP contribution in [0.2, 0.25) is 0 Å². The molecule has 2 rings (SSSR count). The standard InChI is InChI=1S/C13H17NO4/c1-18-11-4-2-3-10(13(11)17)8-14-6-9(7-14)5-12(15)16/h2-4,9,17H,5-8H2,1H3,(H,15,16). The second-order valence-electron chi connectivity index (χ2n) is 4.63. The molecule has 0 atom stereocenters. The molecule has 0 amide bonds. The number of benzene rings is 1. The predicted octanol–water partition coefficient (Wildman–Crippen LogP) is 1.31. The van der Waals surface area contributed by atoms with Crippen molar-refractivity contribution in [2.24, 2.45) is 5.92 Å². The van der Waals surface area contributed by atoms with Crippen molar-refractivity contribution < 1.29 is 19.7 Å². The van der Waals surface area contributed by atoms with Crippen molar-refractivity contribution in [3.05, 3.63) is 23.8 Å². The van der Waals surface area contributed by atoms with E-state index >= 15 is 0 Å².